The molecule has 4 heteroatoms. The lowest BCUT2D eigenvalue weighted by molar-refractivity contribution is -0.0542. The monoisotopic (exact) mass is 399 g/mol. The van der Waals surface area contributed by atoms with Crippen molar-refractivity contribution in [1.29, 1.82) is 0 Å². The van der Waals surface area contributed by atoms with Gasteiger partial charge in [0.2, 0.25) is 0 Å². The minimum atomic E-state index is -0.0298. The zero-order valence-corrected chi connectivity index (χ0v) is 19.2. The molecule has 2 saturated carbocycles. The molecule has 0 spiro atoms. The molecule has 1 aromatic rings. The second-order valence-electron chi connectivity index (χ2n) is 11.7. The maximum atomic E-state index is 10.5. The molecule has 1 heterocycles. The van der Waals surface area contributed by atoms with Crippen LogP contribution in [0.1, 0.15) is 71.6 Å². The third kappa shape index (κ3) is 3.05. The molecular formula is C25H41N3O. The molecule has 4 nitrogen and oxygen atoms in total. The van der Waals surface area contributed by atoms with Gasteiger partial charge in [-0.25, -0.2) is 0 Å². The number of allylic oxidation sites excluding steroid dienone is 1. The quantitative estimate of drug-likeness (QED) is 0.745. The number of hydrogen-bond donors (Lipinski definition) is 2. The molecular weight excluding hydrogens is 358 g/mol. The lowest BCUT2D eigenvalue weighted by Gasteiger charge is -2.56. The maximum absolute atomic E-state index is 10.5. The third-order valence-corrected chi connectivity index (χ3v) is 9.27. The van der Waals surface area contributed by atoms with E-state index in [0.29, 0.717) is 17.8 Å². The maximum Gasteiger partial charge on any atom is 0.0546 e. The van der Waals surface area contributed by atoms with Crippen LogP contribution in [-0.4, -0.2) is 28.0 Å². The molecule has 6 atom stereocenters. The highest BCUT2D eigenvalue weighted by Gasteiger charge is 2.56. The summed E-state index contributed by atoms with van der Waals surface area (Å²) in [4.78, 5) is 0. The van der Waals surface area contributed by atoms with E-state index in [9.17, 15) is 5.11 Å². The van der Waals surface area contributed by atoms with Crippen molar-refractivity contribution in [3.05, 3.63) is 29.6 Å². The highest BCUT2D eigenvalue weighted by Crippen LogP contribution is 2.62. The molecule has 3 aliphatic rings. The van der Waals surface area contributed by atoms with Crippen molar-refractivity contribution in [2.75, 3.05) is 13.2 Å². The molecule has 0 aromatic carbocycles. The molecule has 0 bridgehead atoms. The van der Waals surface area contributed by atoms with Gasteiger partial charge < -0.3 is 10.8 Å². The van der Waals surface area contributed by atoms with Gasteiger partial charge in [0, 0.05) is 12.3 Å². The average molecular weight is 400 g/mol. The first-order valence-corrected chi connectivity index (χ1v) is 11.6. The van der Waals surface area contributed by atoms with E-state index >= 15 is 0 Å². The standard InChI is InChI=1S/C25H41N3O/c1-16-7-8-20-19(13-26)21(9-10-24(16,20)5)25(6)12-17-14-27-28(23(2,3)4)22(17)11-18(25)15-29/h14,18-21,29H,1,7-13,15,26H2,2-6H3/t18-,19+,20+,21+,24-,25+/m1/s1. The summed E-state index contributed by atoms with van der Waals surface area (Å²) in [5.74, 6) is 1.99. The summed E-state index contributed by atoms with van der Waals surface area (Å²) in [5.41, 5.74) is 10.9. The Morgan fingerprint density at radius 2 is 2.00 bits per heavy atom. The van der Waals surface area contributed by atoms with Crippen molar-refractivity contribution in [3.63, 3.8) is 0 Å². The van der Waals surface area contributed by atoms with E-state index in [4.69, 9.17) is 10.8 Å². The van der Waals surface area contributed by atoms with Crippen molar-refractivity contribution < 1.29 is 5.11 Å². The van der Waals surface area contributed by atoms with Gasteiger partial charge in [0.15, 0.2) is 0 Å². The zero-order chi connectivity index (χ0) is 21.2. The highest BCUT2D eigenvalue weighted by atomic mass is 16.3. The Bertz CT molecular complexity index is 790. The van der Waals surface area contributed by atoms with Gasteiger partial charge in [0.05, 0.1) is 11.7 Å². The molecule has 0 unspecified atom stereocenters. The SMILES string of the molecule is C=C1CC[C@H]2[C@H](CN)[C@@H]([C@@]3(C)Cc4cnn(C(C)(C)C)c4C[C@@H]3CO)CC[C@]12C. The van der Waals surface area contributed by atoms with Gasteiger partial charge in [-0.15, -0.1) is 0 Å². The molecule has 162 valence electrons. The first-order valence-electron chi connectivity index (χ1n) is 11.6. The summed E-state index contributed by atoms with van der Waals surface area (Å²) >= 11 is 0. The molecule has 4 rings (SSSR count). The third-order valence-electron chi connectivity index (χ3n) is 9.27. The van der Waals surface area contributed by atoms with Crippen LogP contribution in [0.4, 0.5) is 0 Å². The number of aliphatic hydroxyl groups excluding tert-OH is 1. The van der Waals surface area contributed by atoms with Crippen LogP contribution in [0.25, 0.3) is 0 Å². The molecule has 3 aliphatic carbocycles. The van der Waals surface area contributed by atoms with Crippen LogP contribution in [0, 0.1) is 34.5 Å². The van der Waals surface area contributed by atoms with Gasteiger partial charge in [-0.2, -0.15) is 5.10 Å². The van der Waals surface area contributed by atoms with E-state index in [-0.39, 0.29) is 28.9 Å². The van der Waals surface area contributed by atoms with Crippen LogP contribution in [0.3, 0.4) is 0 Å². The van der Waals surface area contributed by atoms with Crippen LogP contribution < -0.4 is 5.73 Å². The largest absolute Gasteiger partial charge is 0.396 e. The first kappa shape index (κ1) is 21.1. The van der Waals surface area contributed by atoms with Crippen LogP contribution in [0.15, 0.2) is 18.3 Å². The Labute approximate surface area is 176 Å². The summed E-state index contributed by atoms with van der Waals surface area (Å²) in [6.07, 6.45) is 8.84. The highest BCUT2D eigenvalue weighted by molar-refractivity contribution is 5.28. The second-order valence-corrected chi connectivity index (χ2v) is 11.7. The number of aliphatic hydroxyl groups is 1. The van der Waals surface area contributed by atoms with Crippen molar-refractivity contribution in [2.24, 2.45) is 40.2 Å². The predicted molar refractivity (Wildman–Crippen MR) is 119 cm³/mol. The predicted octanol–water partition coefficient (Wildman–Crippen LogP) is 4.31. The molecule has 0 saturated heterocycles. The van der Waals surface area contributed by atoms with Gasteiger partial charge in [0.1, 0.15) is 0 Å². The summed E-state index contributed by atoms with van der Waals surface area (Å²) in [5, 5.41) is 15.2. The van der Waals surface area contributed by atoms with Crippen molar-refractivity contribution in [1.82, 2.24) is 9.78 Å². The minimum absolute atomic E-state index is 0.0298. The summed E-state index contributed by atoms with van der Waals surface area (Å²) < 4.78 is 2.18. The molecule has 29 heavy (non-hydrogen) atoms. The summed E-state index contributed by atoms with van der Waals surface area (Å²) in [6.45, 7) is 16.9. The fourth-order valence-corrected chi connectivity index (χ4v) is 7.42. The van der Waals surface area contributed by atoms with E-state index in [1.165, 1.54) is 36.1 Å². The molecule has 0 radical (unpaired) electrons. The number of rotatable bonds is 3. The van der Waals surface area contributed by atoms with Gasteiger partial charge in [-0.05, 0) is 106 Å². The number of nitrogens with two attached hydrogens (primary N) is 1. The summed E-state index contributed by atoms with van der Waals surface area (Å²) in [7, 11) is 0. The summed E-state index contributed by atoms with van der Waals surface area (Å²) in [6, 6.07) is 0. The fraction of sp³-hybridized carbons (Fsp3) is 0.800. The normalized spacial score (nSPS) is 40.0. The van der Waals surface area contributed by atoms with Crippen molar-refractivity contribution in [3.8, 4) is 0 Å². The Kier molecular flexibility index (Phi) is 5.06. The van der Waals surface area contributed by atoms with E-state index in [2.05, 4.69) is 52.1 Å². The molecule has 3 N–H and O–H groups in total. The van der Waals surface area contributed by atoms with Crippen LogP contribution >= 0.6 is 0 Å². The van der Waals surface area contributed by atoms with Crippen molar-refractivity contribution >= 4 is 0 Å². The van der Waals surface area contributed by atoms with Gasteiger partial charge >= 0.3 is 0 Å². The number of fused-ring (bicyclic) bond motifs is 2. The molecule has 1 aromatic heterocycles. The first-order chi connectivity index (χ1) is 13.6. The van der Waals surface area contributed by atoms with E-state index in [1.54, 1.807) is 0 Å². The molecule has 0 amide bonds. The number of aromatic nitrogens is 2. The molecule has 0 aliphatic heterocycles. The lowest BCUT2D eigenvalue weighted by atomic mass is 9.49. The van der Waals surface area contributed by atoms with Crippen LogP contribution in [0.5, 0.6) is 0 Å². The zero-order valence-electron chi connectivity index (χ0n) is 19.2. The molecule has 2 fully saturated rings. The average Bonchev–Trinajstić information content (AvgIpc) is 3.20. The Hall–Kier alpha value is -1.13. The second kappa shape index (κ2) is 6.95. The van der Waals surface area contributed by atoms with E-state index in [1.807, 2.05) is 0 Å². The topological polar surface area (TPSA) is 64.1 Å². The Morgan fingerprint density at radius 1 is 1.28 bits per heavy atom. The van der Waals surface area contributed by atoms with Gasteiger partial charge in [0.25, 0.3) is 0 Å². The smallest absolute Gasteiger partial charge is 0.0546 e. The van der Waals surface area contributed by atoms with Gasteiger partial charge in [-0.1, -0.05) is 26.0 Å². The van der Waals surface area contributed by atoms with Gasteiger partial charge in [-0.3, -0.25) is 4.68 Å². The van der Waals surface area contributed by atoms with Crippen LogP contribution in [0.2, 0.25) is 0 Å². The fourth-order valence-electron chi connectivity index (χ4n) is 7.42. The minimum Gasteiger partial charge on any atom is -0.396 e. The lowest BCUT2D eigenvalue weighted by Crippen LogP contribution is -2.53. The van der Waals surface area contributed by atoms with Crippen molar-refractivity contribution in [2.45, 2.75) is 78.7 Å². The van der Waals surface area contributed by atoms with E-state index in [0.717, 1.165) is 25.8 Å². The van der Waals surface area contributed by atoms with E-state index < -0.39 is 0 Å². The number of nitrogens with zero attached hydrogens (tertiary/aromatic N) is 2. The number of hydrogen-bond acceptors (Lipinski definition) is 3. The Balaban J connectivity index is 1.70. The van der Waals surface area contributed by atoms with Crippen LogP contribution in [-0.2, 0) is 18.4 Å². The Morgan fingerprint density at radius 3 is 2.62 bits per heavy atom.